The van der Waals surface area contributed by atoms with E-state index in [1.807, 2.05) is 11.4 Å². The molecule has 5 heteroatoms. The molecule has 0 aliphatic rings. The van der Waals surface area contributed by atoms with Crippen molar-refractivity contribution in [3.05, 3.63) is 64.4 Å². The second-order valence-electron chi connectivity index (χ2n) is 4.24. The van der Waals surface area contributed by atoms with Gasteiger partial charge in [0.2, 0.25) is 0 Å². The maximum absolute atomic E-state index is 12.9. The highest BCUT2D eigenvalue weighted by molar-refractivity contribution is 7.11. The van der Waals surface area contributed by atoms with Crippen molar-refractivity contribution in [2.75, 3.05) is 0 Å². The summed E-state index contributed by atoms with van der Waals surface area (Å²) in [5.41, 5.74) is 1.88. The van der Waals surface area contributed by atoms with E-state index in [2.05, 4.69) is 11.1 Å². The summed E-state index contributed by atoms with van der Waals surface area (Å²) in [5, 5.41) is 11.7. The third-order valence-corrected chi connectivity index (χ3v) is 3.69. The second kappa shape index (κ2) is 5.73. The number of aromatic nitrogens is 1. The molecule has 2 heterocycles. The van der Waals surface area contributed by atoms with Crippen LogP contribution in [-0.2, 0) is 0 Å². The SMILES string of the molecule is N#C/C(=C\c1ccc(F)cc1)c1nc(-c2ccco2)cs1. The van der Waals surface area contributed by atoms with Gasteiger partial charge in [-0.2, -0.15) is 5.26 Å². The molecule has 0 N–H and O–H groups in total. The Balaban J connectivity index is 1.94. The van der Waals surface area contributed by atoms with E-state index >= 15 is 0 Å². The van der Waals surface area contributed by atoms with E-state index in [0.717, 1.165) is 5.56 Å². The summed E-state index contributed by atoms with van der Waals surface area (Å²) >= 11 is 1.37. The topological polar surface area (TPSA) is 49.8 Å². The Morgan fingerprint density at radius 1 is 1.29 bits per heavy atom. The lowest BCUT2D eigenvalue weighted by Crippen LogP contribution is -1.82. The van der Waals surface area contributed by atoms with Crippen LogP contribution in [0.1, 0.15) is 10.6 Å². The molecule has 0 aliphatic heterocycles. The average Bonchev–Trinajstić information content (AvgIpc) is 3.17. The average molecular weight is 296 g/mol. The van der Waals surface area contributed by atoms with Crippen LogP contribution in [0.3, 0.4) is 0 Å². The third-order valence-electron chi connectivity index (χ3n) is 2.81. The molecule has 2 aromatic heterocycles. The first-order chi connectivity index (χ1) is 10.3. The Hall–Kier alpha value is -2.71. The summed E-state index contributed by atoms with van der Waals surface area (Å²) in [6, 6.07) is 11.7. The van der Waals surface area contributed by atoms with Gasteiger partial charge in [0.05, 0.1) is 11.8 Å². The van der Waals surface area contributed by atoms with Crippen molar-refractivity contribution in [2.24, 2.45) is 0 Å². The van der Waals surface area contributed by atoms with Crippen molar-refractivity contribution in [1.82, 2.24) is 4.98 Å². The van der Waals surface area contributed by atoms with E-state index in [9.17, 15) is 9.65 Å². The summed E-state index contributed by atoms with van der Waals surface area (Å²) in [4.78, 5) is 4.40. The highest BCUT2D eigenvalue weighted by atomic mass is 32.1. The number of hydrogen-bond acceptors (Lipinski definition) is 4. The van der Waals surface area contributed by atoms with E-state index < -0.39 is 0 Å². The molecular weight excluding hydrogens is 287 g/mol. The molecule has 1 aromatic carbocycles. The Labute approximate surface area is 124 Å². The van der Waals surface area contributed by atoms with Crippen LogP contribution in [-0.4, -0.2) is 4.98 Å². The van der Waals surface area contributed by atoms with Gasteiger partial charge in [0.1, 0.15) is 22.6 Å². The summed E-state index contributed by atoms with van der Waals surface area (Å²) in [6.45, 7) is 0. The van der Waals surface area contributed by atoms with E-state index in [1.54, 1.807) is 30.5 Å². The molecule has 0 spiro atoms. The standard InChI is InChI=1S/C16H9FN2OS/c17-13-5-3-11(4-6-13)8-12(9-18)16-19-14(10-21-16)15-2-1-7-20-15/h1-8,10H/b12-8+. The van der Waals surface area contributed by atoms with Crippen LogP contribution in [0.15, 0.2) is 52.5 Å². The molecule has 21 heavy (non-hydrogen) atoms. The highest BCUT2D eigenvalue weighted by Gasteiger charge is 2.10. The highest BCUT2D eigenvalue weighted by Crippen LogP contribution is 2.27. The van der Waals surface area contributed by atoms with Gasteiger partial charge in [0.15, 0.2) is 5.76 Å². The third kappa shape index (κ3) is 2.91. The fraction of sp³-hybridized carbons (Fsp3) is 0. The first kappa shape index (κ1) is 13.3. The molecule has 0 atom stereocenters. The second-order valence-corrected chi connectivity index (χ2v) is 5.09. The first-order valence-corrected chi connectivity index (χ1v) is 7.01. The van der Waals surface area contributed by atoms with Crippen LogP contribution >= 0.6 is 11.3 Å². The van der Waals surface area contributed by atoms with Gasteiger partial charge in [0.25, 0.3) is 0 Å². The van der Waals surface area contributed by atoms with Gasteiger partial charge >= 0.3 is 0 Å². The number of nitrogens with zero attached hydrogens (tertiary/aromatic N) is 2. The van der Waals surface area contributed by atoms with Crippen LogP contribution in [0, 0.1) is 17.1 Å². The van der Waals surface area contributed by atoms with E-state index in [0.29, 0.717) is 22.0 Å². The van der Waals surface area contributed by atoms with Gasteiger partial charge in [-0.1, -0.05) is 12.1 Å². The van der Waals surface area contributed by atoms with Crippen LogP contribution in [0.2, 0.25) is 0 Å². The number of rotatable bonds is 3. The van der Waals surface area contributed by atoms with Gasteiger partial charge in [-0.25, -0.2) is 9.37 Å². The predicted molar refractivity (Wildman–Crippen MR) is 79.7 cm³/mol. The number of nitriles is 1. The Morgan fingerprint density at radius 3 is 2.76 bits per heavy atom. The molecule has 0 saturated carbocycles. The molecule has 3 rings (SSSR count). The lowest BCUT2D eigenvalue weighted by atomic mass is 10.1. The quantitative estimate of drug-likeness (QED) is 0.663. The van der Waals surface area contributed by atoms with Crippen molar-refractivity contribution in [2.45, 2.75) is 0 Å². The zero-order valence-corrected chi connectivity index (χ0v) is 11.6. The van der Waals surface area contributed by atoms with E-state index in [-0.39, 0.29) is 5.82 Å². The molecular formula is C16H9FN2OS. The van der Waals surface area contributed by atoms with Crippen LogP contribution in [0.4, 0.5) is 4.39 Å². The minimum absolute atomic E-state index is 0.306. The first-order valence-electron chi connectivity index (χ1n) is 6.13. The van der Waals surface area contributed by atoms with Gasteiger partial charge in [-0.15, -0.1) is 11.3 Å². The van der Waals surface area contributed by atoms with Crippen LogP contribution in [0.25, 0.3) is 23.1 Å². The van der Waals surface area contributed by atoms with Crippen molar-refractivity contribution < 1.29 is 8.81 Å². The lowest BCUT2D eigenvalue weighted by molar-refractivity contribution is 0.580. The number of furan rings is 1. The number of allylic oxidation sites excluding steroid dienone is 1. The number of halogens is 1. The zero-order chi connectivity index (χ0) is 14.7. The fourth-order valence-corrected chi connectivity index (χ4v) is 2.58. The lowest BCUT2D eigenvalue weighted by Gasteiger charge is -1.95. The Kier molecular flexibility index (Phi) is 3.63. The van der Waals surface area contributed by atoms with Gasteiger partial charge in [0, 0.05) is 5.38 Å². The molecule has 0 fully saturated rings. The normalized spacial score (nSPS) is 11.3. The van der Waals surface area contributed by atoms with E-state index in [4.69, 9.17) is 4.42 Å². The predicted octanol–water partition coefficient (Wildman–Crippen LogP) is 4.61. The monoisotopic (exact) mass is 296 g/mol. The van der Waals surface area contributed by atoms with Crippen molar-refractivity contribution >= 4 is 23.0 Å². The van der Waals surface area contributed by atoms with Gasteiger partial charge in [-0.3, -0.25) is 0 Å². The smallest absolute Gasteiger partial charge is 0.153 e. The van der Waals surface area contributed by atoms with Gasteiger partial charge < -0.3 is 4.42 Å². The summed E-state index contributed by atoms with van der Waals surface area (Å²) in [5.74, 6) is 0.358. The Morgan fingerprint density at radius 2 is 2.10 bits per heavy atom. The molecule has 0 bridgehead atoms. The largest absolute Gasteiger partial charge is 0.463 e. The summed E-state index contributed by atoms with van der Waals surface area (Å²) in [6.07, 6.45) is 3.26. The minimum atomic E-state index is -0.306. The van der Waals surface area contributed by atoms with Crippen molar-refractivity contribution in [3.8, 4) is 17.5 Å². The maximum atomic E-state index is 12.9. The zero-order valence-electron chi connectivity index (χ0n) is 10.8. The molecule has 0 unspecified atom stereocenters. The molecule has 0 radical (unpaired) electrons. The van der Waals surface area contributed by atoms with Crippen molar-refractivity contribution in [3.63, 3.8) is 0 Å². The number of thiazole rings is 1. The molecule has 0 amide bonds. The molecule has 3 aromatic rings. The maximum Gasteiger partial charge on any atom is 0.153 e. The van der Waals surface area contributed by atoms with E-state index in [1.165, 1.54) is 23.5 Å². The molecule has 0 aliphatic carbocycles. The molecule has 3 nitrogen and oxygen atoms in total. The number of benzene rings is 1. The van der Waals surface area contributed by atoms with Gasteiger partial charge in [-0.05, 0) is 35.9 Å². The van der Waals surface area contributed by atoms with Crippen LogP contribution in [0.5, 0.6) is 0 Å². The van der Waals surface area contributed by atoms with Crippen LogP contribution < -0.4 is 0 Å². The summed E-state index contributed by atoms with van der Waals surface area (Å²) < 4.78 is 18.2. The molecule has 102 valence electrons. The summed E-state index contributed by atoms with van der Waals surface area (Å²) in [7, 11) is 0. The molecule has 0 saturated heterocycles. The van der Waals surface area contributed by atoms with Crippen molar-refractivity contribution in [1.29, 1.82) is 5.26 Å². The Bertz CT molecular complexity index is 811. The minimum Gasteiger partial charge on any atom is -0.463 e. The fourth-order valence-electron chi connectivity index (χ4n) is 1.80. The number of hydrogen-bond donors (Lipinski definition) is 0.